The second kappa shape index (κ2) is 56.0. The van der Waals surface area contributed by atoms with Gasteiger partial charge in [-0.05, 0) is 76.7 Å². The number of carbonyl (C=O) groups excluding carboxylic acids is 2. The molecule has 3 unspecified atom stereocenters. The predicted molar refractivity (Wildman–Crippen MR) is 325 cm³/mol. The summed E-state index contributed by atoms with van der Waals surface area (Å²) in [4.78, 5) is 39.9. The Morgan fingerprint density at radius 1 is 0.474 bits per heavy atom. The maximum atomic E-state index is 13.5. The molecule has 76 heavy (non-hydrogen) atoms. The van der Waals surface area contributed by atoms with Gasteiger partial charge in [-0.25, -0.2) is 0 Å². The summed E-state index contributed by atoms with van der Waals surface area (Å²) in [5.74, 6) is -0.558. The molecule has 0 bridgehead atoms. The van der Waals surface area contributed by atoms with Crippen LogP contribution in [0.1, 0.15) is 297 Å². The zero-order valence-corrected chi connectivity index (χ0v) is 51.6. The molecule has 1 N–H and O–H groups in total. The molecule has 9 nitrogen and oxygen atoms in total. The molecule has 0 aliphatic heterocycles. The van der Waals surface area contributed by atoms with Gasteiger partial charge in [0.2, 0.25) is 5.91 Å². The van der Waals surface area contributed by atoms with E-state index in [0.29, 0.717) is 23.9 Å². The molecule has 0 saturated carbocycles. The first-order valence-electron chi connectivity index (χ1n) is 32.1. The average molecular weight is 1090 g/mol. The largest absolute Gasteiger partial charge is 0.756 e. The normalized spacial score (nSPS) is 14.0. The van der Waals surface area contributed by atoms with Gasteiger partial charge >= 0.3 is 5.97 Å². The number of ether oxygens (including phenoxy) is 1. The summed E-state index contributed by atoms with van der Waals surface area (Å²) in [5.41, 5.74) is 0. The van der Waals surface area contributed by atoms with Gasteiger partial charge in [0.05, 0.1) is 33.8 Å². The molecule has 0 saturated heterocycles. The number of quaternary nitrogens is 1. The van der Waals surface area contributed by atoms with Gasteiger partial charge in [-0.1, -0.05) is 268 Å². The van der Waals surface area contributed by atoms with Gasteiger partial charge in [-0.3, -0.25) is 14.2 Å². The summed E-state index contributed by atoms with van der Waals surface area (Å²) < 4.78 is 30.3. The van der Waals surface area contributed by atoms with Gasteiger partial charge in [0.1, 0.15) is 19.3 Å². The van der Waals surface area contributed by atoms with E-state index < -0.39 is 26.6 Å². The molecule has 0 spiro atoms. The van der Waals surface area contributed by atoms with Crippen LogP contribution in [-0.2, 0) is 27.9 Å². The van der Waals surface area contributed by atoms with Gasteiger partial charge in [0.25, 0.3) is 7.82 Å². The fourth-order valence-electron chi connectivity index (χ4n) is 9.28. The number of likely N-dealkylation sites (N-methyl/N-ethyl adjacent to an activating group) is 1. The third kappa shape index (κ3) is 56.4. The molecule has 0 radical (unpaired) electrons. The lowest BCUT2D eigenvalue weighted by Crippen LogP contribution is -2.47. The van der Waals surface area contributed by atoms with Crippen LogP contribution in [0.5, 0.6) is 0 Å². The number of phosphoric acid groups is 1. The number of phosphoric ester groups is 1. The van der Waals surface area contributed by atoms with E-state index >= 15 is 0 Å². The lowest BCUT2D eigenvalue weighted by Gasteiger charge is -2.30. The van der Waals surface area contributed by atoms with Crippen molar-refractivity contribution in [2.24, 2.45) is 0 Å². The molecule has 0 aliphatic carbocycles. The van der Waals surface area contributed by atoms with Gasteiger partial charge in [0, 0.05) is 12.8 Å². The Morgan fingerprint density at radius 3 is 1.29 bits per heavy atom. The van der Waals surface area contributed by atoms with E-state index in [0.717, 1.165) is 77.0 Å². The highest BCUT2D eigenvalue weighted by molar-refractivity contribution is 7.45. The number of esters is 1. The molecule has 0 heterocycles. The number of rotatable bonds is 58. The van der Waals surface area contributed by atoms with Crippen molar-refractivity contribution < 1.29 is 37.3 Å². The zero-order chi connectivity index (χ0) is 55.7. The van der Waals surface area contributed by atoms with Crippen LogP contribution in [0.3, 0.4) is 0 Å². The van der Waals surface area contributed by atoms with Crippen molar-refractivity contribution in [2.45, 2.75) is 309 Å². The van der Waals surface area contributed by atoms with Crippen LogP contribution >= 0.6 is 7.82 Å². The van der Waals surface area contributed by atoms with E-state index in [1.54, 1.807) is 0 Å². The summed E-state index contributed by atoms with van der Waals surface area (Å²) in [6.45, 7) is 6.71. The number of carbonyl (C=O) groups is 2. The highest BCUT2D eigenvalue weighted by Crippen LogP contribution is 2.38. The minimum Gasteiger partial charge on any atom is -0.756 e. The molecular formula is C66H123N2O7P. The van der Waals surface area contributed by atoms with Crippen molar-refractivity contribution in [3.8, 4) is 0 Å². The van der Waals surface area contributed by atoms with Gasteiger partial charge in [-0.15, -0.1) is 0 Å². The maximum Gasteiger partial charge on any atom is 0.306 e. The highest BCUT2D eigenvalue weighted by Gasteiger charge is 2.27. The second-order valence-electron chi connectivity index (χ2n) is 22.9. The Labute approximate surface area is 471 Å². The Kier molecular flexibility index (Phi) is 54.3. The van der Waals surface area contributed by atoms with E-state index in [4.69, 9.17) is 13.8 Å². The number of nitrogens with zero attached hydrogens (tertiary/aromatic N) is 1. The number of allylic oxidation sites excluding steroid dienone is 9. The predicted octanol–water partition coefficient (Wildman–Crippen LogP) is 19.2. The highest BCUT2D eigenvalue weighted by atomic mass is 31.2. The van der Waals surface area contributed by atoms with Gasteiger partial charge in [0.15, 0.2) is 0 Å². The summed E-state index contributed by atoms with van der Waals surface area (Å²) >= 11 is 0. The van der Waals surface area contributed by atoms with Crippen molar-refractivity contribution in [3.63, 3.8) is 0 Å². The molecule has 0 aromatic rings. The van der Waals surface area contributed by atoms with E-state index in [1.165, 1.54) is 180 Å². The third-order valence-corrected chi connectivity index (χ3v) is 15.2. The number of amides is 1. The Morgan fingerprint density at radius 2 is 0.855 bits per heavy atom. The van der Waals surface area contributed by atoms with E-state index in [2.05, 4.69) is 74.7 Å². The standard InChI is InChI=1S/C66H123N2O7P/c1-7-10-13-16-19-22-25-28-29-30-31-32-33-34-35-36-37-38-39-41-44-47-50-53-56-59-66(70)75-64(57-54-51-48-45-42-27-24-21-18-15-12-9-3)63(62-74-76(71,72)73-61-60-68(4,5)6)67-65(69)58-55-52-49-46-43-40-26-23-20-17-14-11-8-2/h11,14,17,20,23,26,28-29,54,57,63-64H,7-10,12-13,15-16,18-19,21-22,24-25,27,30-53,55-56,58-62H2,1-6H3,(H-,67,69,71,72)/b14-11+,20-17+,26-23-,29-28+,57-54-. The SMILES string of the molecule is CC/C=C/C=C/C=C\CCCCCCCC(=O)NC(COP(=O)([O-])OCC[N+](C)(C)C)C(/C=C\CCCCCCCCCCCC)OC(=O)CCCCCCCCCCCCCCCCC/C=C/CCCCCCCC. The van der Waals surface area contributed by atoms with Crippen molar-refractivity contribution in [1.82, 2.24) is 5.32 Å². The summed E-state index contributed by atoms with van der Waals surface area (Å²) in [6.07, 6.45) is 70.6. The van der Waals surface area contributed by atoms with Crippen LogP contribution < -0.4 is 10.2 Å². The van der Waals surface area contributed by atoms with Crippen molar-refractivity contribution >= 4 is 19.7 Å². The van der Waals surface area contributed by atoms with E-state index in [9.17, 15) is 19.0 Å². The van der Waals surface area contributed by atoms with Crippen molar-refractivity contribution in [2.75, 3.05) is 40.9 Å². The molecule has 0 aromatic heterocycles. The lowest BCUT2D eigenvalue weighted by atomic mass is 10.0. The fourth-order valence-corrected chi connectivity index (χ4v) is 10.0. The first-order chi connectivity index (χ1) is 36.9. The summed E-state index contributed by atoms with van der Waals surface area (Å²) in [6, 6.07) is -0.898. The number of nitrogens with one attached hydrogen (secondary N) is 1. The third-order valence-electron chi connectivity index (χ3n) is 14.2. The van der Waals surface area contributed by atoms with E-state index in [1.807, 2.05) is 33.3 Å². The molecule has 0 aromatic carbocycles. The monoisotopic (exact) mass is 1090 g/mol. The van der Waals surface area contributed by atoms with Crippen LogP contribution in [0, 0.1) is 0 Å². The molecule has 0 rings (SSSR count). The molecule has 0 aliphatic rings. The quantitative estimate of drug-likeness (QED) is 0.0161. The minimum atomic E-state index is -4.70. The van der Waals surface area contributed by atoms with Crippen LogP contribution in [0.4, 0.5) is 0 Å². The first kappa shape index (κ1) is 73.7. The van der Waals surface area contributed by atoms with E-state index in [-0.39, 0.29) is 24.9 Å². The Balaban J connectivity index is 5.07. The van der Waals surface area contributed by atoms with Crippen LogP contribution in [0.2, 0.25) is 0 Å². The molecular weight excluding hydrogens is 964 g/mol. The maximum absolute atomic E-state index is 13.5. The average Bonchev–Trinajstić information content (AvgIpc) is 3.38. The fraction of sp³-hybridized carbons (Fsp3) is 0.818. The number of hydrogen-bond acceptors (Lipinski definition) is 7. The Hall–Kier alpha value is -2.29. The first-order valence-corrected chi connectivity index (χ1v) is 33.6. The van der Waals surface area contributed by atoms with Crippen molar-refractivity contribution in [1.29, 1.82) is 0 Å². The number of hydrogen-bond donors (Lipinski definition) is 1. The molecule has 10 heteroatoms. The number of unbranched alkanes of at least 4 members (excludes halogenated alkanes) is 36. The molecule has 1 amide bonds. The summed E-state index contributed by atoms with van der Waals surface area (Å²) in [7, 11) is 1.17. The van der Waals surface area contributed by atoms with Crippen LogP contribution in [-0.4, -0.2) is 69.4 Å². The Bertz CT molecular complexity index is 1490. The molecule has 444 valence electrons. The molecule has 0 fully saturated rings. The van der Waals surface area contributed by atoms with Gasteiger partial charge in [-0.2, -0.15) is 0 Å². The smallest absolute Gasteiger partial charge is 0.306 e. The van der Waals surface area contributed by atoms with Crippen LogP contribution in [0.25, 0.3) is 0 Å². The zero-order valence-electron chi connectivity index (χ0n) is 50.7. The summed E-state index contributed by atoms with van der Waals surface area (Å²) in [5, 5.41) is 3.02. The lowest BCUT2D eigenvalue weighted by molar-refractivity contribution is -0.870. The van der Waals surface area contributed by atoms with Gasteiger partial charge < -0.3 is 28.5 Å². The van der Waals surface area contributed by atoms with Crippen LogP contribution in [0.15, 0.2) is 60.8 Å². The van der Waals surface area contributed by atoms with Crippen molar-refractivity contribution in [3.05, 3.63) is 60.8 Å². The minimum absolute atomic E-state index is 0.0270. The second-order valence-corrected chi connectivity index (χ2v) is 24.4. The topological polar surface area (TPSA) is 114 Å². The molecule has 3 atom stereocenters.